The Morgan fingerprint density at radius 3 is 2.67 bits per heavy atom. The highest BCUT2D eigenvalue weighted by Crippen LogP contribution is 2.34. The number of hydrogen-bond acceptors (Lipinski definition) is 4. The van der Waals surface area contributed by atoms with Gasteiger partial charge in [-0.1, -0.05) is 11.6 Å². The van der Waals surface area contributed by atoms with Crippen LogP contribution in [0.25, 0.3) is 11.3 Å². The average Bonchev–Trinajstić information content (AvgIpc) is 2.36. The van der Waals surface area contributed by atoms with Crippen molar-refractivity contribution in [3.63, 3.8) is 0 Å². The normalized spacial score (nSPS) is 10.2. The van der Waals surface area contributed by atoms with Crippen LogP contribution in [-0.2, 0) is 0 Å². The first-order valence-electron chi connectivity index (χ1n) is 5.19. The van der Waals surface area contributed by atoms with E-state index >= 15 is 0 Å². The lowest BCUT2D eigenvalue weighted by atomic mass is 10.1. The van der Waals surface area contributed by atoms with Crippen LogP contribution in [0.1, 0.15) is 0 Å². The molecule has 6 heteroatoms. The van der Waals surface area contributed by atoms with Crippen molar-refractivity contribution >= 4 is 17.4 Å². The van der Waals surface area contributed by atoms with Crippen LogP contribution in [0.4, 0.5) is 10.2 Å². The molecule has 0 saturated carbocycles. The Labute approximate surface area is 109 Å². The second-order valence-corrected chi connectivity index (χ2v) is 3.95. The molecule has 2 aromatic rings. The number of aromatic nitrogens is 2. The Kier molecular flexibility index (Phi) is 3.62. The number of rotatable bonds is 3. The number of anilines is 1. The van der Waals surface area contributed by atoms with Gasteiger partial charge < -0.3 is 10.1 Å². The molecule has 0 atom stereocenters. The van der Waals surface area contributed by atoms with Crippen LogP contribution >= 0.6 is 11.6 Å². The number of nitrogens with zero attached hydrogens (tertiary/aromatic N) is 2. The molecule has 0 aliphatic rings. The first-order chi connectivity index (χ1) is 8.65. The maximum Gasteiger partial charge on any atom is 0.187 e. The van der Waals surface area contributed by atoms with E-state index in [4.69, 9.17) is 16.3 Å². The van der Waals surface area contributed by atoms with Gasteiger partial charge in [-0.15, -0.1) is 0 Å². The van der Waals surface area contributed by atoms with Gasteiger partial charge in [-0.2, -0.15) is 0 Å². The molecule has 1 N–H and O–H groups in total. The summed E-state index contributed by atoms with van der Waals surface area (Å²) in [6.45, 7) is 0. The summed E-state index contributed by atoms with van der Waals surface area (Å²) in [5.74, 6) is 0.550. The standard InChI is InChI=1S/C12H11ClFN3O/c1-15-12-11(18-2)10(16-6-17-12)7-3-8(13)5-9(14)4-7/h3-6H,1-2H3,(H,15,16,17). The van der Waals surface area contributed by atoms with Gasteiger partial charge in [-0.25, -0.2) is 14.4 Å². The molecule has 2 rings (SSSR count). The molecule has 1 heterocycles. The third kappa shape index (κ3) is 2.36. The zero-order valence-corrected chi connectivity index (χ0v) is 10.6. The van der Waals surface area contributed by atoms with Crippen molar-refractivity contribution in [1.82, 2.24) is 9.97 Å². The summed E-state index contributed by atoms with van der Waals surface area (Å²) in [6.07, 6.45) is 1.38. The van der Waals surface area contributed by atoms with Gasteiger partial charge in [-0.3, -0.25) is 0 Å². The topological polar surface area (TPSA) is 47.0 Å². The minimum absolute atomic E-state index is 0.302. The van der Waals surface area contributed by atoms with Crippen molar-refractivity contribution in [2.45, 2.75) is 0 Å². The zero-order valence-electron chi connectivity index (χ0n) is 9.87. The van der Waals surface area contributed by atoms with Gasteiger partial charge in [0.25, 0.3) is 0 Å². The first kappa shape index (κ1) is 12.6. The average molecular weight is 268 g/mol. The number of ether oxygens (including phenoxy) is 1. The molecule has 0 radical (unpaired) electrons. The molecule has 0 amide bonds. The highest BCUT2D eigenvalue weighted by molar-refractivity contribution is 6.30. The highest BCUT2D eigenvalue weighted by Gasteiger charge is 2.14. The van der Waals surface area contributed by atoms with E-state index < -0.39 is 5.82 Å². The van der Waals surface area contributed by atoms with Crippen molar-refractivity contribution in [2.75, 3.05) is 19.5 Å². The van der Waals surface area contributed by atoms with E-state index in [1.807, 2.05) is 0 Å². The van der Waals surface area contributed by atoms with Crippen LogP contribution in [0.15, 0.2) is 24.5 Å². The highest BCUT2D eigenvalue weighted by atomic mass is 35.5. The molecule has 0 spiro atoms. The van der Waals surface area contributed by atoms with Gasteiger partial charge >= 0.3 is 0 Å². The Hall–Kier alpha value is -1.88. The van der Waals surface area contributed by atoms with Crippen LogP contribution in [0.3, 0.4) is 0 Å². The van der Waals surface area contributed by atoms with Gasteiger partial charge in [-0.05, 0) is 18.2 Å². The molecule has 0 aliphatic heterocycles. The summed E-state index contributed by atoms with van der Waals surface area (Å²) in [5, 5.41) is 3.19. The quantitative estimate of drug-likeness (QED) is 0.929. The number of halogens is 2. The summed E-state index contributed by atoms with van der Waals surface area (Å²) < 4.78 is 18.6. The van der Waals surface area contributed by atoms with Gasteiger partial charge in [0.05, 0.1) is 7.11 Å². The number of benzene rings is 1. The lowest BCUT2D eigenvalue weighted by Gasteiger charge is -2.11. The summed E-state index contributed by atoms with van der Waals surface area (Å²) >= 11 is 5.83. The molecule has 0 aliphatic carbocycles. The molecule has 0 saturated heterocycles. The van der Waals surface area contributed by atoms with E-state index in [1.54, 1.807) is 13.1 Å². The molecule has 0 unspecified atom stereocenters. The molecule has 0 bridgehead atoms. The smallest absolute Gasteiger partial charge is 0.187 e. The predicted molar refractivity (Wildman–Crippen MR) is 68.5 cm³/mol. The van der Waals surface area contributed by atoms with E-state index in [1.165, 1.54) is 25.6 Å². The minimum atomic E-state index is -0.427. The molecule has 1 aromatic carbocycles. The van der Waals surface area contributed by atoms with Gasteiger partial charge in [0, 0.05) is 17.6 Å². The molecule has 94 valence electrons. The lowest BCUT2D eigenvalue weighted by Crippen LogP contribution is -2.00. The Bertz CT molecular complexity index is 557. The van der Waals surface area contributed by atoms with E-state index in [0.29, 0.717) is 27.8 Å². The third-order valence-corrected chi connectivity index (χ3v) is 2.60. The second kappa shape index (κ2) is 5.18. The SMILES string of the molecule is CNc1ncnc(-c2cc(F)cc(Cl)c2)c1OC. The Morgan fingerprint density at radius 1 is 1.28 bits per heavy atom. The summed E-state index contributed by atoms with van der Waals surface area (Å²) in [7, 11) is 3.22. The summed E-state index contributed by atoms with van der Waals surface area (Å²) in [4.78, 5) is 8.13. The second-order valence-electron chi connectivity index (χ2n) is 3.51. The maximum absolute atomic E-state index is 13.3. The van der Waals surface area contributed by atoms with Crippen molar-refractivity contribution < 1.29 is 9.13 Å². The Morgan fingerprint density at radius 2 is 2.06 bits per heavy atom. The predicted octanol–water partition coefficient (Wildman–Crippen LogP) is 2.99. The number of methoxy groups -OCH3 is 1. The largest absolute Gasteiger partial charge is 0.491 e. The monoisotopic (exact) mass is 267 g/mol. The van der Waals surface area contributed by atoms with Crippen LogP contribution in [-0.4, -0.2) is 24.1 Å². The summed E-state index contributed by atoms with van der Waals surface area (Å²) in [5.41, 5.74) is 1.02. The minimum Gasteiger partial charge on any atom is -0.491 e. The first-order valence-corrected chi connectivity index (χ1v) is 5.56. The fourth-order valence-corrected chi connectivity index (χ4v) is 1.86. The van der Waals surface area contributed by atoms with E-state index in [9.17, 15) is 4.39 Å². The molecular formula is C12H11ClFN3O. The molecule has 1 aromatic heterocycles. The molecule has 4 nitrogen and oxygen atoms in total. The fourth-order valence-electron chi connectivity index (χ4n) is 1.64. The van der Waals surface area contributed by atoms with E-state index in [0.717, 1.165) is 0 Å². The third-order valence-electron chi connectivity index (χ3n) is 2.38. The molecular weight excluding hydrogens is 257 g/mol. The molecule has 18 heavy (non-hydrogen) atoms. The zero-order chi connectivity index (χ0) is 13.1. The number of hydrogen-bond donors (Lipinski definition) is 1. The Balaban J connectivity index is 2.63. The van der Waals surface area contributed by atoms with Crippen molar-refractivity contribution in [3.05, 3.63) is 35.4 Å². The van der Waals surface area contributed by atoms with Crippen LogP contribution < -0.4 is 10.1 Å². The van der Waals surface area contributed by atoms with Crippen LogP contribution in [0.5, 0.6) is 5.75 Å². The van der Waals surface area contributed by atoms with Gasteiger partial charge in [0.2, 0.25) is 0 Å². The molecule has 0 fully saturated rings. The number of nitrogens with one attached hydrogen (secondary N) is 1. The van der Waals surface area contributed by atoms with Crippen molar-refractivity contribution in [1.29, 1.82) is 0 Å². The van der Waals surface area contributed by atoms with Crippen LogP contribution in [0, 0.1) is 5.82 Å². The van der Waals surface area contributed by atoms with Crippen molar-refractivity contribution in [2.24, 2.45) is 0 Å². The summed E-state index contributed by atoms with van der Waals surface area (Å²) in [6, 6.07) is 4.20. The van der Waals surface area contributed by atoms with Crippen molar-refractivity contribution in [3.8, 4) is 17.0 Å². The van der Waals surface area contributed by atoms with E-state index in [2.05, 4.69) is 15.3 Å². The lowest BCUT2D eigenvalue weighted by molar-refractivity contribution is 0.415. The van der Waals surface area contributed by atoms with Crippen LogP contribution in [0.2, 0.25) is 5.02 Å². The maximum atomic E-state index is 13.3. The van der Waals surface area contributed by atoms with Gasteiger partial charge in [0.1, 0.15) is 17.8 Å². The fraction of sp³-hybridized carbons (Fsp3) is 0.167. The van der Waals surface area contributed by atoms with E-state index in [-0.39, 0.29) is 0 Å². The van der Waals surface area contributed by atoms with Gasteiger partial charge in [0.15, 0.2) is 11.6 Å².